The first-order valence-electron chi connectivity index (χ1n) is 10.3. The number of benzene rings is 2. The van der Waals surface area contributed by atoms with Crippen LogP contribution in [0.3, 0.4) is 0 Å². The molecule has 2 aromatic carbocycles. The molecule has 0 saturated carbocycles. The first-order chi connectivity index (χ1) is 13.9. The number of rotatable bonds is 5. The monoisotopic (exact) mass is 395 g/mol. The van der Waals surface area contributed by atoms with E-state index in [2.05, 4.69) is 11.4 Å². The highest BCUT2D eigenvalue weighted by Gasteiger charge is 2.35. The lowest BCUT2D eigenvalue weighted by atomic mass is 9.89. The van der Waals surface area contributed by atoms with Crippen molar-refractivity contribution < 1.29 is 19.0 Å². The summed E-state index contributed by atoms with van der Waals surface area (Å²) in [5, 5.41) is 3.13. The number of carbonyl (C=O) groups excluding carboxylic acids is 1. The Morgan fingerprint density at radius 1 is 1.21 bits per heavy atom. The van der Waals surface area contributed by atoms with Crippen molar-refractivity contribution in [3.8, 4) is 17.2 Å². The maximum Gasteiger partial charge on any atom is 0.258 e. The van der Waals surface area contributed by atoms with Crippen molar-refractivity contribution in [2.24, 2.45) is 0 Å². The second-order valence-electron chi connectivity index (χ2n) is 8.48. The largest absolute Gasteiger partial charge is 0.497 e. The van der Waals surface area contributed by atoms with Crippen LogP contribution in [0.15, 0.2) is 36.4 Å². The van der Waals surface area contributed by atoms with Crippen LogP contribution in [0.5, 0.6) is 17.2 Å². The average molecular weight is 395 g/mol. The van der Waals surface area contributed by atoms with Gasteiger partial charge < -0.3 is 19.5 Å². The van der Waals surface area contributed by atoms with Crippen molar-refractivity contribution in [3.05, 3.63) is 53.1 Å². The summed E-state index contributed by atoms with van der Waals surface area (Å²) in [6.07, 6.45) is 5.19. The summed E-state index contributed by atoms with van der Waals surface area (Å²) in [7, 11) is 1.64. The molecular formula is C24H29NO4. The van der Waals surface area contributed by atoms with Crippen molar-refractivity contribution >= 4 is 5.91 Å². The molecule has 1 N–H and O–H groups in total. The van der Waals surface area contributed by atoms with Crippen molar-refractivity contribution in [2.75, 3.05) is 13.7 Å². The van der Waals surface area contributed by atoms with E-state index in [4.69, 9.17) is 14.2 Å². The normalized spacial score (nSPS) is 19.3. The first kappa shape index (κ1) is 19.6. The summed E-state index contributed by atoms with van der Waals surface area (Å²) >= 11 is 0. The van der Waals surface area contributed by atoms with Crippen molar-refractivity contribution in [2.45, 2.75) is 57.6 Å². The summed E-state index contributed by atoms with van der Waals surface area (Å²) < 4.78 is 17.4. The van der Waals surface area contributed by atoms with E-state index in [1.807, 2.05) is 44.2 Å². The first-order valence-corrected chi connectivity index (χ1v) is 10.3. The van der Waals surface area contributed by atoms with Gasteiger partial charge in [0.25, 0.3) is 5.91 Å². The van der Waals surface area contributed by atoms with Crippen LogP contribution >= 0.6 is 0 Å². The highest BCUT2D eigenvalue weighted by molar-refractivity contribution is 5.78. The molecular weight excluding hydrogens is 366 g/mol. The molecule has 5 heteroatoms. The molecule has 1 atom stereocenters. The summed E-state index contributed by atoms with van der Waals surface area (Å²) in [4.78, 5) is 12.7. The van der Waals surface area contributed by atoms with E-state index < -0.39 is 0 Å². The number of ether oxygens (including phenoxy) is 3. The van der Waals surface area contributed by atoms with Gasteiger partial charge in [-0.3, -0.25) is 4.79 Å². The van der Waals surface area contributed by atoms with Gasteiger partial charge in [-0.1, -0.05) is 12.1 Å². The summed E-state index contributed by atoms with van der Waals surface area (Å²) in [6.45, 7) is 4.08. The van der Waals surface area contributed by atoms with Crippen LogP contribution in [0.25, 0.3) is 0 Å². The molecule has 2 aliphatic rings. The smallest absolute Gasteiger partial charge is 0.258 e. The summed E-state index contributed by atoms with van der Waals surface area (Å²) in [5.74, 6) is 2.24. The van der Waals surface area contributed by atoms with E-state index in [0.717, 1.165) is 35.7 Å². The van der Waals surface area contributed by atoms with Crippen LogP contribution in [-0.4, -0.2) is 25.2 Å². The summed E-state index contributed by atoms with van der Waals surface area (Å²) in [5.41, 5.74) is 3.18. The molecule has 2 aromatic rings. The van der Waals surface area contributed by atoms with Gasteiger partial charge in [0.2, 0.25) is 0 Å². The minimum Gasteiger partial charge on any atom is -0.497 e. The number of hydrogen-bond donors (Lipinski definition) is 1. The maximum atomic E-state index is 12.7. The molecule has 154 valence electrons. The third-order valence-corrected chi connectivity index (χ3v) is 5.72. The lowest BCUT2D eigenvalue weighted by molar-refractivity contribution is -0.124. The molecule has 0 bridgehead atoms. The number of aryl methyl sites for hydroxylation is 1. The van der Waals surface area contributed by atoms with Gasteiger partial charge in [0.05, 0.1) is 13.2 Å². The number of carbonyl (C=O) groups is 1. The van der Waals surface area contributed by atoms with Gasteiger partial charge in [0.15, 0.2) is 6.61 Å². The van der Waals surface area contributed by atoms with Gasteiger partial charge in [0.1, 0.15) is 22.8 Å². The average Bonchev–Trinajstić information content (AvgIpc) is 2.71. The lowest BCUT2D eigenvalue weighted by Gasteiger charge is -2.38. The fourth-order valence-corrected chi connectivity index (χ4v) is 4.35. The van der Waals surface area contributed by atoms with Gasteiger partial charge in [-0.25, -0.2) is 0 Å². The van der Waals surface area contributed by atoms with E-state index in [0.29, 0.717) is 6.42 Å². The third kappa shape index (κ3) is 4.34. The number of fused-ring (bicyclic) bond motifs is 2. The predicted octanol–water partition coefficient (Wildman–Crippen LogP) is 4.37. The van der Waals surface area contributed by atoms with Gasteiger partial charge in [-0.15, -0.1) is 0 Å². The Labute approximate surface area is 172 Å². The standard InChI is InChI=1S/C24H29NO4/c1-24(2)14-20(19-13-17(27-3)11-12-22(19)29-24)25-23(26)15-28-21-10-6-8-16-7-4-5-9-18(16)21/h6,8,10-13,20H,4-5,7,9,14-15H2,1-3H3,(H,25,26). The molecule has 1 aliphatic carbocycles. The lowest BCUT2D eigenvalue weighted by Crippen LogP contribution is -2.42. The molecule has 1 amide bonds. The molecule has 0 aromatic heterocycles. The van der Waals surface area contributed by atoms with E-state index in [1.165, 1.54) is 24.0 Å². The van der Waals surface area contributed by atoms with Crippen molar-refractivity contribution in [3.63, 3.8) is 0 Å². The molecule has 0 fully saturated rings. The Balaban J connectivity index is 1.46. The summed E-state index contributed by atoms with van der Waals surface area (Å²) in [6, 6.07) is 11.7. The molecule has 1 heterocycles. The van der Waals surface area contributed by atoms with E-state index >= 15 is 0 Å². The minimum atomic E-state index is -0.362. The molecule has 0 saturated heterocycles. The van der Waals surface area contributed by atoms with Crippen molar-refractivity contribution in [1.82, 2.24) is 5.32 Å². The van der Waals surface area contributed by atoms with Gasteiger partial charge in [-0.2, -0.15) is 0 Å². The number of hydrogen-bond acceptors (Lipinski definition) is 4. The molecule has 5 nitrogen and oxygen atoms in total. The Hall–Kier alpha value is -2.69. The quantitative estimate of drug-likeness (QED) is 0.817. The van der Waals surface area contributed by atoms with Crippen LogP contribution in [0.1, 0.15) is 55.8 Å². The zero-order valence-electron chi connectivity index (χ0n) is 17.4. The van der Waals surface area contributed by atoms with Crippen LogP contribution < -0.4 is 19.5 Å². The molecule has 1 aliphatic heterocycles. The van der Waals surface area contributed by atoms with Crippen LogP contribution in [0.2, 0.25) is 0 Å². The maximum absolute atomic E-state index is 12.7. The highest BCUT2D eigenvalue weighted by Crippen LogP contribution is 2.41. The molecule has 0 spiro atoms. The Morgan fingerprint density at radius 2 is 2.03 bits per heavy atom. The van der Waals surface area contributed by atoms with Crippen molar-refractivity contribution in [1.29, 1.82) is 0 Å². The third-order valence-electron chi connectivity index (χ3n) is 5.72. The fourth-order valence-electron chi connectivity index (χ4n) is 4.35. The van der Waals surface area contributed by atoms with Gasteiger partial charge in [0, 0.05) is 12.0 Å². The van der Waals surface area contributed by atoms with Gasteiger partial charge >= 0.3 is 0 Å². The van der Waals surface area contributed by atoms with Gasteiger partial charge in [-0.05, 0) is 74.9 Å². The topological polar surface area (TPSA) is 56.8 Å². The SMILES string of the molecule is COc1ccc2c(c1)C(NC(=O)COc1cccc3c1CCCC3)CC(C)(C)O2. The zero-order valence-corrected chi connectivity index (χ0v) is 17.4. The number of amides is 1. The Kier molecular flexibility index (Phi) is 5.39. The number of nitrogens with one attached hydrogen (secondary N) is 1. The molecule has 1 unspecified atom stereocenters. The fraction of sp³-hybridized carbons (Fsp3) is 0.458. The van der Waals surface area contributed by atoms with E-state index in [-0.39, 0.29) is 24.2 Å². The molecule has 0 radical (unpaired) electrons. The number of methoxy groups -OCH3 is 1. The minimum absolute atomic E-state index is 0.00748. The van der Waals surface area contributed by atoms with E-state index in [1.54, 1.807) is 7.11 Å². The van der Waals surface area contributed by atoms with E-state index in [9.17, 15) is 4.79 Å². The second kappa shape index (κ2) is 7.97. The second-order valence-corrected chi connectivity index (χ2v) is 8.48. The molecule has 29 heavy (non-hydrogen) atoms. The zero-order chi connectivity index (χ0) is 20.4. The predicted molar refractivity (Wildman–Crippen MR) is 112 cm³/mol. The Morgan fingerprint density at radius 3 is 2.86 bits per heavy atom. The highest BCUT2D eigenvalue weighted by atomic mass is 16.5. The Bertz CT molecular complexity index is 906. The van der Waals surface area contributed by atoms with Crippen LogP contribution in [0.4, 0.5) is 0 Å². The van der Waals surface area contributed by atoms with Crippen LogP contribution in [-0.2, 0) is 17.6 Å². The van der Waals surface area contributed by atoms with Crippen LogP contribution in [0, 0.1) is 0 Å². The molecule has 4 rings (SSSR count).